The van der Waals surface area contributed by atoms with Gasteiger partial charge in [0.1, 0.15) is 11.4 Å². The highest BCUT2D eigenvalue weighted by Crippen LogP contribution is 2.10. The molecule has 0 fully saturated rings. The molecule has 0 rings (SSSR count). The summed E-state index contributed by atoms with van der Waals surface area (Å²) in [6, 6.07) is 0. The molecule has 4 nitrogen and oxygen atoms in total. The van der Waals surface area contributed by atoms with Crippen molar-refractivity contribution in [2.45, 2.75) is 70.1 Å². The molecule has 0 heterocycles. The summed E-state index contributed by atoms with van der Waals surface area (Å²) >= 11 is 10.9. The Balaban J connectivity index is 3.30. The van der Waals surface area contributed by atoms with Gasteiger partial charge in [-0.05, 0) is 18.8 Å². The topological polar surface area (TPSA) is 52.6 Å². The van der Waals surface area contributed by atoms with Crippen LogP contribution in [0.15, 0.2) is 0 Å². The van der Waals surface area contributed by atoms with E-state index < -0.39 is 4.84 Å². The van der Waals surface area contributed by atoms with Crippen LogP contribution < -0.4 is 0 Å². The van der Waals surface area contributed by atoms with E-state index in [1.165, 1.54) is 0 Å². The van der Waals surface area contributed by atoms with Crippen LogP contribution in [0.4, 0.5) is 0 Å². The van der Waals surface area contributed by atoms with Crippen LogP contribution >= 0.6 is 23.2 Å². The number of rotatable bonds is 13. The van der Waals surface area contributed by atoms with Gasteiger partial charge in [0.25, 0.3) is 0 Å². The first-order valence-electron chi connectivity index (χ1n) is 8.01. The van der Waals surface area contributed by atoms with Crippen LogP contribution in [0.5, 0.6) is 0 Å². The third kappa shape index (κ3) is 15.9. The van der Waals surface area contributed by atoms with Crippen LogP contribution in [0.2, 0.25) is 0 Å². The van der Waals surface area contributed by atoms with E-state index in [4.69, 9.17) is 32.7 Å². The van der Waals surface area contributed by atoms with Gasteiger partial charge in [0.15, 0.2) is 0 Å². The number of alkyl halides is 2. The van der Waals surface area contributed by atoms with E-state index >= 15 is 0 Å². The molecule has 0 amide bonds. The van der Waals surface area contributed by atoms with Crippen LogP contribution in [0, 0.1) is 5.92 Å². The Hall–Kier alpha value is -0.480. The maximum absolute atomic E-state index is 11.4. The van der Waals surface area contributed by atoms with Gasteiger partial charge in [-0.15, -0.1) is 23.2 Å². The minimum atomic E-state index is -0.656. The maximum atomic E-state index is 11.4. The molecule has 0 spiro atoms. The highest BCUT2D eigenvalue weighted by molar-refractivity contribution is 6.44. The molecule has 0 aliphatic heterocycles. The lowest BCUT2D eigenvalue weighted by molar-refractivity contribution is -0.145. The zero-order chi connectivity index (χ0) is 16.8. The number of hydrogen-bond acceptors (Lipinski definition) is 4. The number of ether oxygens (including phenoxy) is 2. The fourth-order valence-electron chi connectivity index (χ4n) is 1.81. The van der Waals surface area contributed by atoms with Gasteiger partial charge in [-0.3, -0.25) is 9.59 Å². The van der Waals surface area contributed by atoms with Gasteiger partial charge in [-0.25, -0.2) is 0 Å². The summed E-state index contributed by atoms with van der Waals surface area (Å²) in [5.74, 6) is 0.0305. The number of unbranched alkanes of at least 4 members (excludes halogenated alkanes) is 5. The van der Waals surface area contributed by atoms with Gasteiger partial charge in [0.05, 0.1) is 6.61 Å². The predicted octanol–water partition coefficient (Wildman–Crippen LogP) is 4.65. The summed E-state index contributed by atoms with van der Waals surface area (Å²) in [6.07, 6.45) is 6.70. The maximum Gasteiger partial charge on any atom is 0.305 e. The zero-order valence-corrected chi connectivity index (χ0v) is 15.1. The monoisotopic (exact) mass is 354 g/mol. The van der Waals surface area contributed by atoms with Gasteiger partial charge in [-0.2, -0.15) is 0 Å². The molecule has 0 saturated heterocycles. The van der Waals surface area contributed by atoms with Crippen molar-refractivity contribution in [1.29, 1.82) is 0 Å². The molecule has 0 unspecified atom stereocenters. The van der Waals surface area contributed by atoms with Crippen molar-refractivity contribution < 1.29 is 19.1 Å². The predicted molar refractivity (Wildman–Crippen MR) is 89.2 cm³/mol. The Labute approximate surface area is 143 Å². The molecular formula is C16H28Cl2O4. The Kier molecular flexibility index (Phi) is 13.8. The summed E-state index contributed by atoms with van der Waals surface area (Å²) in [6.45, 7) is 4.59. The van der Waals surface area contributed by atoms with Gasteiger partial charge in [-0.1, -0.05) is 39.5 Å². The molecule has 6 heteroatoms. The van der Waals surface area contributed by atoms with E-state index in [2.05, 4.69) is 0 Å². The molecule has 0 aliphatic carbocycles. The van der Waals surface area contributed by atoms with Gasteiger partial charge in [0, 0.05) is 12.8 Å². The lowest BCUT2D eigenvalue weighted by atomic mass is 10.1. The molecular weight excluding hydrogens is 327 g/mol. The lowest BCUT2D eigenvalue weighted by Gasteiger charge is -2.07. The summed E-state index contributed by atoms with van der Waals surface area (Å²) < 4.78 is 9.97. The average molecular weight is 355 g/mol. The van der Waals surface area contributed by atoms with E-state index in [1.807, 2.05) is 13.8 Å². The Morgan fingerprint density at radius 1 is 0.773 bits per heavy atom. The summed E-state index contributed by atoms with van der Waals surface area (Å²) in [7, 11) is 0. The molecule has 0 aromatic rings. The standard InChI is InChI=1S/C16H28Cl2O4/c1-13(2)11-21-15(19)9-7-5-3-4-6-8-10-16(20)22-12-14(17)18/h13-14H,3-12H2,1-2H3. The fraction of sp³-hybridized carbons (Fsp3) is 0.875. The average Bonchev–Trinajstić information content (AvgIpc) is 2.45. The minimum absolute atomic E-state index is 0.0504. The normalized spacial score (nSPS) is 11.0. The quantitative estimate of drug-likeness (QED) is 0.274. The highest BCUT2D eigenvalue weighted by atomic mass is 35.5. The zero-order valence-electron chi connectivity index (χ0n) is 13.6. The summed E-state index contributed by atoms with van der Waals surface area (Å²) in [5.41, 5.74) is 0. The Morgan fingerprint density at radius 2 is 1.18 bits per heavy atom. The van der Waals surface area contributed by atoms with E-state index in [0.29, 0.717) is 25.4 Å². The van der Waals surface area contributed by atoms with E-state index in [9.17, 15) is 9.59 Å². The van der Waals surface area contributed by atoms with Crippen molar-refractivity contribution in [3.63, 3.8) is 0 Å². The van der Waals surface area contributed by atoms with Crippen molar-refractivity contribution in [1.82, 2.24) is 0 Å². The van der Waals surface area contributed by atoms with Crippen molar-refractivity contribution in [3.05, 3.63) is 0 Å². The first kappa shape index (κ1) is 21.5. The largest absolute Gasteiger partial charge is 0.465 e. The number of hydrogen-bond donors (Lipinski definition) is 0. The SMILES string of the molecule is CC(C)COC(=O)CCCCCCCCC(=O)OCC(Cl)Cl. The van der Waals surface area contributed by atoms with Gasteiger partial charge < -0.3 is 9.47 Å². The number of esters is 2. The molecule has 0 atom stereocenters. The molecule has 0 aliphatic rings. The second kappa shape index (κ2) is 14.1. The molecule has 0 N–H and O–H groups in total. The first-order valence-corrected chi connectivity index (χ1v) is 8.88. The highest BCUT2D eigenvalue weighted by Gasteiger charge is 2.06. The number of carbonyl (C=O) groups excluding carboxylic acids is 2. The van der Waals surface area contributed by atoms with Crippen molar-refractivity contribution in [2.24, 2.45) is 5.92 Å². The fourth-order valence-corrected chi connectivity index (χ4v) is 1.93. The molecule has 0 aromatic carbocycles. The first-order chi connectivity index (χ1) is 10.4. The number of halogens is 2. The Bertz CT molecular complexity index is 277. The second-order valence-electron chi connectivity index (χ2n) is 5.77. The molecule has 0 radical (unpaired) electrons. The molecule has 0 aromatic heterocycles. The third-order valence-electron chi connectivity index (χ3n) is 2.96. The number of carbonyl (C=O) groups is 2. The molecule has 130 valence electrons. The van der Waals surface area contributed by atoms with Crippen LogP contribution in [0.1, 0.15) is 65.2 Å². The van der Waals surface area contributed by atoms with Crippen LogP contribution in [0.3, 0.4) is 0 Å². The van der Waals surface area contributed by atoms with Crippen LogP contribution in [0.25, 0.3) is 0 Å². The summed E-state index contributed by atoms with van der Waals surface area (Å²) in [5, 5.41) is 0. The van der Waals surface area contributed by atoms with E-state index in [0.717, 1.165) is 38.5 Å². The van der Waals surface area contributed by atoms with Crippen molar-refractivity contribution >= 4 is 35.1 Å². The van der Waals surface area contributed by atoms with Crippen molar-refractivity contribution in [3.8, 4) is 0 Å². The van der Waals surface area contributed by atoms with Crippen molar-refractivity contribution in [2.75, 3.05) is 13.2 Å². The smallest absolute Gasteiger partial charge is 0.305 e. The lowest BCUT2D eigenvalue weighted by Crippen LogP contribution is -2.09. The summed E-state index contributed by atoms with van der Waals surface area (Å²) in [4.78, 5) is 22.0. The van der Waals surface area contributed by atoms with Gasteiger partial charge >= 0.3 is 11.9 Å². The van der Waals surface area contributed by atoms with Crippen LogP contribution in [-0.4, -0.2) is 30.0 Å². The molecule has 0 saturated carbocycles. The van der Waals surface area contributed by atoms with E-state index in [1.54, 1.807) is 0 Å². The molecule has 22 heavy (non-hydrogen) atoms. The van der Waals surface area contributed by atoms with E-state index in [-0.39, 0.29) is 18.5 Å². The minimum Gasteiger partial charge on any atom is -0.465 e. The second-order valence-corrected chi connectivity index (χ2v) is 7.05. The third-order valence-corrected chi connectivity index (χ3v) is 3.21. The molecule has 0 bridgehead atoms. The van der Waals surface area contributed by atoms with Crippen LogP contribution in [-0.2, 0) is 19.1 Å². The van der Waals surface area contributed by atoms with Gasteiger partial charge in [0.2, 0.25) is 0 Å². The Morgan fingerprint density at radius 3 is 1.59 bits per heavy atom.